The van der Waals surface area contributed by atoms with Crippen LogP contribution in [0.2, 0.25) is 0 Å². The van der Waals surface area contributed by atoms with Gasteiger partial charge < -0.3 is 9.72 Å². The smallest absolute Gasteiger partial charge is 0.229 e. The molecule has 0 aliphatic heterocycles. The molecule has 1 amide bonds. The first-order valence-corrected chi connectivity index (χ1v) is 10.0. The predicted molar refractivity (Wildman–Crippen MR) is 107 cm³/mol. The van der Waals surface area contributed by atoms with Crippen LogP contribution < -0.4 is 10.1 Å². The molecule has 5 atom stereocenters. The van der Waals surface area contributed by atoms with Crippen molar-refractivity contribution in [2.75, 3.05) is 5.32 Å². The van der Waals surface area contributed by atoms with E-state index >= 15 is 0 Å². The molecule has 6 nitrogen and oxygen atoms in total. The number of halogens is 1. The standard InChI is InChI=1S/C22H23FN4O2/c1-11-10-25-22(26-11)27-21(28)12(2)20-15-8-14(9-16(15)20)29-19-5-6-24-18-4-3-13(23)7-17(18)19/h3-7,10,12,14-16,20H,8-9H2,1-2H3,(H2,25,26,27,28)/t12?,14?,15-,16+,20?. The second-order valence-corrected chi connectivity index (χ2v) is 8.28. The number of fused-ring (bicyclic) bond motifs is 2. The Labute approximate surface area is 167 Å². The first-order chi connectivity index (χ1) is 14.0. The van der Waals surface area contributed by atoms with Crippen molar-refractivity contribution in [1.29, 1.82) is 0 Å². The van der Waals surface area contributed by atoms with Crippen LogP contribution in [0.15, 0.2) is 36.7 Å². The lowest BCUT2D eigenvalue weighted by Gasteiger charge is -2.20. The average molecular weight is 394 g/mol. The van der Waals surface area contributed by atoms with Gasteiger partial charge >= 0.3 is 0 Å². The fraction of sp³-hybridized carbons (Fsp3) is 0.409. The molecule has 7 heteroatoms. The molecule has 3 unspecified atom stereocenters. The zero-order valence-corrected chi connectivity index (χ0v) is 16.4. The van der Waals surface area contributed by atoms with Gasteiger partial charge in [0.25, 0.3) is 0 Å². The number of benzene rings is 1. The van der Waals surface area contributed by atoms with E-state index in [1.807, 2.05) is 13.8 Å². The van der Waals surface area contributed by atoms with Crippen molar-refractivity contribution < 1.29 is 13.9 Å². The van der Waals surface area contributed by atoms with Gasteiger partial charge in [0.1, 0.15) is 11.6 Å². The lowest BCUT2D eigenvalue weighted by molar-refractivity contribution is -0.120. The number of rotatable bonds is 5. The van der Waals surface area contributed by atoms with Gasteiger partial charge in [0.15, 0.2) is 0 Å². The zero-order valence-electron chi connectivity index (χ0n) is 16.4. The van der Waals surface area contributed by atoms with Gasteiger partial charge in [-0.25, -0.2) is 9.37 Å². The van der Waals surface area contributed by atoms with Crippen LogP contribution in [0, 0.1) is 36.4 Å². The van der Waals surface area contributed by atoms with Crippen molar-refractivity contribution in [3.05, 3.63) is 48.2 Å². The Morgan fingerprint density at radius 2 is 2.07 bits per heavy atom. The van der Waals surface area contributed by atoms with Gasteiger partial charge in [-0.3, -0.25) is 15.1 Å². The molecule has 0 saturated heterocycles. The largest absolute Gasteiger partial charge is 0.490 e. The van der Waals surface area contributed by atoms with E-state index in [1.54, 1.807) is 24.5 Å². The summed E-state index contributed by atoms with van der Waals surface area (Å²) in [5, 5.41) is 3.57. The highest BCUT2D eigenvalue weighted by molar-refractivity contribution is 5.91. The minimum Gasteiger partial charge on any atom is -0.490 e. The van der Waals surface area contributed by atoms with E-state index in [0.717, 1.165) is 24.1 Å². The number of nitrogens with one attached hydrogen (secondary N) is 2. The summed E-state index contributed by atoms with van der Waals surface area (Å²) in [5.41, 5.74) is 1.64. The monoisotopic (exact) mass is 394 g/mol. The van der Waals surface area contributed by atoms with Crippen LogP contribution in [-0.2, 0) is 4.79 Å². The molecule has 2 aliphatic carbocycles. The third kappa shape index (κ3) is 3.34. The van der Waals surface area contributed by atoms with Crippen LogP contribution in [0.5, 0.6) is 5.75 Å². The SMILES string of the molecule is Cc1cnc(NC(=O)C(C)C2[C@H]3CC(Oc4ccnc5ccc(F)cc45)C[C@@H]23)[nH]1. The van der Waals surface area contributed by atoms with Gasteiger partial charge in [0, 0.05) is 29.4 Å². The number of pyridine rings is 1. The van der Waals surface area contributed by atoms with Gasteiger partial charge in [0.05, 0.1) is 11.6 Å². The molecule has 0 radical (unpaired) electrons. The molecule has 150 valence electrons. The van der Waals surface area contributed by atoms with E-state index in [1.165, 1.54) is 12.1 Å². The Hall–Kier alpha value is -2.96. The number of hydrogen-bond acceptors (Lipinski definition) is 4. The van der Waals surface area contributed by atoms with Crippen LogP contribution in [0.1, 0.15) is 25.5 Å². The number of carbonyl (C=O) groups excluding carboxylic acids is 1. The van der Waals surface area contributed by atoms with E-state index < -0.39 is 0 Å². The summed E-state index contributed by atoms with van der Waals surface area (Å²) in [6, 6.07) is 6.34. The second-order valence-electron chi connectivity index (χ2n) is 8.28. The predicted octanol–water partition coefficient (Wildman–Crippen LogP) is 4.08. The number of aryl methyl sites for hydroxylation is 1. The first kappa shape index (κ1) is 18.1. The molecule has 2 N–H and O–H groups in total. The van der Waals surface area contributed by atoms with Gasteiger partial charge in [0.2, 0.25) is 11.9 Å². The first-order valence-electron chi connectivity index (χ1n) is 10.0. The number of carbonyl (C=O) groups is 1. The number of hydrogen-bond donors (Lipinski definition) is 2. The van der Waals surface area contributed by atoms with Crippen molar-refractivity contribution in [3.8, 4) is 5.75 Å². The van der Waals surface area contributed by atoms with Crippen molar-refractivity contribution in [2.45, 2.75) is 32.8 Å². The molecule has 29 heavy (non-hydrogen) atoms. The summed E-state index contributed by atoms with van der Waals surface area (Å²) in [5.74, 6) is 2.22. The molecule has 2 aromatic heterocycles. The maximum absolute atomic E-state index is 13.6. The number of amides is 1. The lowest BCUT2D eigenvalue weighted by atomic mass is 9.97. The summed E-state index contributed by atoms with van der Waals surface area (Å²) in [6.45, 7) is 3.89. The van der Waals surface area contributed by atoms with E-state index in [0.29, 0.717) is 34.8 Å². The summed E-state index contributed by atoms with van der Waals surface area (Å²) >= 11 is 0. The van der Waals surface area contributed by atoms with Crippen molar-refractivity contribution in [3.63, 3.8) is 0 Å². The maximum atomic E-state index is 13.6. The number of imidazole rings is 1. The van der Waals surface area contributed by atoms with Gasteiger partial charge in [-0.2, -0.15) is 0 Å². The highest BCUT2D eigenvalue weighted by Crippen LogP contribution is 2.61. The number of aromatic nitrogens is 3. The number of H-pyrrole nitrogens is 1. The quantitative estimate of drug-likeness (QED) is 0.683. The Kier molecular flexibility index (Phi) is 4.26. The van der Waals surface area contributed by atoms with Crippen molar-refractivity contribution in [2.24, 2.45) is 23.7 Å². The normalized spacial score (nSPS) is 26.2. The summed E-state index contributed by atoms with van der Waals surface area (Å²) in [6.07, 6.45) is 5.33. The fourth-order valence-electron chi connectivity index (χ4n) is 4.94. The number of anilines is 1. The highest BCUT2D eigenvalue weighted by Gasteiger charge is 2.59. The van der Waals surface area contributed by atoms with Gasteiger partial charge in [-0.05, 0) is 61.8 Å². The number of nitrogens with zero attached hydrogens (tertiary/aromatic N) is 2. The topological polar surface area (TPSA) is 79.9 Å². The molecule has 2 fully saturated rings. The molecule has 0 spiro atoms. The molecule has 5 rings (SSSR count). The van der Waals surface area contributed by atoms with Gasteiger partial charge in [-0.1, -0.05) is 6.92 Å². The van der Waals surface area contributed by atoms with Crippen molar-refractivity contribution >= 4 is 22.8 Å². The van der Waals surface area contributed by atoms with E-state index in [2.05, 4.69) is 20.3 Å². The molecular weight excluding hydrogens is 371 g/mol. The van der Waals surface area contributed by atoms with Crippen molar-refractivity contribution in [1.82, 2.24) is 15.0 Å². The molecule has 2 aliphatic rings. The second kappa shape index (κ2) is 6.83. The Balaban J connectivity index is 1.20. The lowest BCUT2D eigenvalue weighted by Crippen LogP contribution is -2.26. The van der Waals surface area contributed by atoms with Crippen LogP contribution in [0.3, 0.4) is 0 Å². The Morgan fingerprint density at radius 3 is 2.79 bits per heavy atom. The van der Waals surface area contributed by atoms with Crippen LogP contribution in [-0.4, -0.2) is 27.0 Å². The summed E-state index contributed by atoms with van der Waals surface area (Å²) < 4.78 is 19.9. The van der Waals surface area contributed by atoms with E-state index in [4.69, 9.17) is 4.74 Å². The fourth-order valence-corrected chi connectivity index (χ4v) is 4.94. The molecular formula is C22H23FN4O2. The zero-order chi connectivity index (χ0) is 20.1. The summed E-state index contributed by atoms with van der Waals surface area (Å²) in [7, 11) is 0. The average Bonchev–Trinajstić information content (AvgIpc) is 3.00. The number of ether oxygens (including phenoxy) is 1. The molecule has 2 saturated carbocycles. The molecule has 3 aromatic rings. The minimum atomic E-state index is -0.295. The Morgan fingerprint density at radius 1 is 1.28 bits per heavy atom. The van der Waals surface area contributed by atoms with Crippen LogP contribution in [0.25, 0.3) is 10.9 Å². The third-order valence-corrected chi connectivity index (χ3v) is 6.36. The summed E-state index contributed by atoms with van der Waals surface area (Å²) in [4.78, 5) is 24.0. The van der Waals surface area contributed by atoms with E-state index in [9.17, 15) is 9.18 Å². The van der Waals surface area contributed by atoms with Crippen LogP contribution >= 0.6 is 0 Å². The van der Waals surface area contributed by atoms with Gasteiger partial charge in [-0.15, -0.1) is 0 Å². The molecule has 1 aromatic carbocycles. The molecule has 0 bridgehead atoms. The van der Waals surface area contributed by atoms with Crippen LogP contribution in [0.4, 0.5) is 10.3 Å². The number of aromatic amines is 1. The van der Waals surface area contributed by atoms with E-state index in [-0.39, 0.29) is 23.7 Å². The Bertz CT molecular complexity index is 1070. The molecule has 2 heterocycles. The highest BCUT2D eigenvalue weighted by atomic mass is 19.1. The minimum absolute atomic E-state index is 0.00632. The third-order valence-electron chi connectivity index (χ3n) is 6.36. The maximum Gasteiger partial charge on any atom is 0.229 e.